The third-order valence-electron chi connectivity index (χ3n) is 3.71. The summed E-state index contributed by atoms with van der Waals surface area (Å²) in [5, 5.41) is 8.93. The maximum Gasteiger partial charge on any atom is 0.308 e. The number of rotatable bonds is 4. The van der Waals surface area contributed by atoms with Gasteiger partial charge in [-0.3, -0.25) is 9.59 Å². The maximum atomic E-state index is 12.6. The molecule has 2 rings (SSSR count). The highest BCUT2D eigenvalue weighted by atomic mass is 16.4. The van der Waals surface area contributed by atoms with Crippen LogP contribution >= 0.6 is 0 Å². The summed E-state index contributed by atoms with van der Waals surface area (Å²) in [6.45, 7) is 7.91. The number of aryl methyl sites for hydroxylation is 2. The Morgan fingerprint density at radius 2 is 1.86 bits per heavy atom. The Bertz CT molecular complexity index is 772. The second-order valence-corrected chi connectivity index (χ2v) is 5.90. The molecular weight excluding hydrogens is 278 g/mol. The molecule has 1 aromatic carbocycles. The van der Waals surface area contributed by atoms with Gasteiger partial charge in [-0.05, 0) is 39.3 Å². The first-order valence-corrected chi connectivity index (χ1v) is 7.35. The van der Waals surface area contributed by atoms with Crippen molar-refractivity contribution in [3.05, 3.63) is 57.4 Å². The molecule has 22 heavy (non-hydrogen) atoms. The van der Waals surface area contributed by atoms with E-state index in [2.05, 4.69) is 6.07 Å². The molecule has 0 aliphatic rings. The van der Waals surface area contributed by atoms with Crippen molar-refractivity contribution < 1.29 is 9.90 Å². The number of pyridine rings is 1. The van der Waals surface area contributed by atoms with E-state index in [1.54, 1.807) is 10.6 Å². The minimum atomic E-state index is -0.994. The summed E-state index contributed by atoms with van der Waals surface area (Å²) in [4.78, 5) is 23.5. The number of carboxylic acid groups (broad SMARTS) is 1. The molecule has 116 valence electrons. The SMILES string of the molecule is Cc1ccc(-c2ccc(CC(=O)O)c(=O)n2C(C)C)c(C)c1. The molecular formula is C18H21NO3. The fourth-order valence-electron chi connectivity index (χ4n) is 2.73. The molecule has 0 saturated heterocycles. The van der Waals surface area contributed by atoms with Crippen molar-refractivity contribution in [1.82, 2.24) is 4.57 Å². The highest BCUT2D eigenvalue weighted by Crippen LogP contribution is 2.25. The third-order valence-corrected chi connectivity index (χ3v) is 3.71. The standard InChI is InChI=1S/C18H21NO3/c1-11(2)19-16(15-7-5-12(3)9-13(15)4)8-6-14(18(19)22)10-17(20)21/h5-9,11H,10H2,1-4H3,(H,20,21). The molecule has 2 aromatic rings. The first-order chi connectivity index (χ1) is 10.3. The Labute approximate surface area is 130 Å². The molecule has 0 aliphatic carbocycles. The van der Waals surface area contributed by atoms with Crippen molar-refractivity contribution in [3.63, 3.8) is 0 Å². The van der Waals surface area contributed by atoms with Gasteiger partial charge in [0.1, 0.15) is 0 Å². The van der Waals surface area contributed by atoms with Crippen LogP contribution in [-0.4, -0.2) is 15.6 Å². The quantitative estimate of drug-likeness (QED) is 0.942. The Kier molecular flexibility index (Phi) is 4.50. The number of hydrogen-bond acceptors (Lipinski definition) is 2. The van der Waals surface area contributed by atoms with Crippen molar-refractivity contribution in [2.24, 2.45) is 0 Å². The summed E-state index contributed by atoms with van der Waals surface area (Å²) in [6, 6.07) is 9.53. The van der Waals surface area contributed by atoms with Gasteiger partial charge in [0.15, 0.2) is 0 Å². The topological polar surface area (TPSA) is 59.3 Å². The van der Waals surface area contributed by atoms with E-state index in [1.807, 2.05) is 45.9 Å². The number of aromatic nitrogens is 1. The number of aliphatic carboxylic acids is 1. The number of carbonyl (C=O) groups is 1. The van der Waals surface area contributed by atoms with Gasteiger partial charge in [0.05, 0.1) is 12.1 Å². The van der Waals surface area contributed by atoms with E-state index in [0.29, 0.717) is 5.56 Å². The summed E-state index contributed by atoms with van der Waals surface area (Å²) < 4.78 is 1.68. The fraction of sp³-hybridized carbons (Fsp3) is 0.333. The predicted octanol–water partition coefficient (Wildman–Crippen LogP) is 3.34. The van der Waals surface area contributed by atoms with Crippen molar-refractivity contribution in [2.45, 2.75) is 40.2 Å². The van der Waals surface area contributed by atoms with Gasteiger partial charge in [-0.15, -0.1) is 0 Å². The average Bonchev–Trinajstić information content (AvgIpc) is 2.40. The van der Waals surface area contributed by atoms with Crippen LogP contribution in [0.15, 0.2) is 35.1 Å². The van der Waals surface area contributed by atoms with Crippen LogP contribution < -0.4 is 5.56 Å². The largest absolute Gasteiger partial charge is 0.481 e. The molecule has 0 amide bonds. The van der Waals surface area contributed by atoms with Crippen LogP contribution in [-0.2, 0) is 11.2 Å². The first kappa shape index (κ1) is 16.0. The third kappa shape index (κ3) is 3.11. The van der Waals surface area contributed by atoms with E-state index in [0.717, 1.165) is 16.8 Å². The lowest BCUT2D eigenvalue weighted by Gasteiger charge is -2.19. The molecule has 0 radical (unpaired) electrons. The van der Waals surface area contributed by atoms with Crippen LogP contribution in [0.5, 0.6) is 0 Å². The van der Waals surface area contributed by atoms with E-state index in [1.165, 1.54) is 5.56 Å². The van der Waals surface area contributed by atoms with Crippen molar-refractivity contribution in [3.8, 4) is 11.3 Å². The predicted molar refractivity (Wildman–Crippen MR) is 87.3 cm³/mol. The molecule has 4 nitrogen and oxygen atoms in total. The number of nitrogens with zero attached hydrogens (tertiary/aromatic N) is 1. The van der Waals surface area contributed by atoms with Crippen LogP contribution in [0.4, 0.5) is 0 Å². The van der Waals surface area contributed by atoms with Gasteiger partial charge in [-0.25, -0.2) is 0 Å². The Hall–Kier alpha value is -2.36. The highest BCUT2D eigenvalue weighted by molar-refractivity contribution is 5.71. The van der Waals surface area contributed by atoms with E-state index < -0.39 is 5.97 Å². The van der Waals surface area contributed by atoms with Crippen LogP contribution in [0.25, 0.3) is 11.3 Å². The van der Waals surface area contributed by atoms with Crippen LogP contribution in [0, 0.1) is 13.8 Å². The molecule has 0 spiro atoms. The summed E-state index contributed by atoms with van der Waals surface area (Å²) in [5.74, 6) is -0.994. The van der Waals surface area contributed by atoms with Crippen molar-refractivity contribution in [1.29, 1.82) is 0 Å². The average molecular weight is 299 g/mol. The minimum Gasteiger partial charge on any atom is -0.481 e. The van der Waals surface area contributed by atoms with Gasteiger partial charge in [-0.2, -0.15) is 0 Å². The van der Waals surface area contributed by atoms with Crippen molar-refractivity contribution in [2.75, 3.05) is 0 Å². The van der Waals surface area contributed by atoms with Crippen LogP contribution in [0.1, 0.15) is 36.6 Å². The number of hydrogen-bond donors (Lipinski definition) is 1. The van der Waals surface area contributed by atoms with Gasteiger partial charge in [0, 0.05) is 17.2 Å². The van der Waals surface area contributed by atoms with Gasteiger partial charge in [-0.1, -0.05) is 29.8 Å². The molecule has 0 aliphatic heterocycles. The lowest BCUT2D eigenvalue weighted by molar-refractivity contribution is -0.136. The zero-order valence-corrected chi connectivity index (χ0v) is 13.4. The van der Waals surface area contributed by atoms with E-state index in [9.17, 15) is 9.59 Å². The van der Waals surface area contributed by atoms with Gasteiger partial charge >= 0.3 is 5.97 Å². The normalized spacial score (nSPS) is 11.0. The molecule has 1 aromatic heterocycles. The highest BCUT2D eigenvalue weighted by Gasteiger charge is 2.15. The maximum absolute atomic E-state index is 12.6. The Morgan fingerprint density at radius 3 is 2.41 bits per heavy atom. The van der Waals surface area contributed by atoms with E-state index in [4.69, 9.17) is 5.11 Å². The molecule has 0 bridgehead atoms. The molecule has 0 atom stereocenters. The van der Waals surface area contributed by atoms with Crippen molar-refractivity contribution >= 4 is 5.97 Å². The summed E-state index contributed by atoms with van der Waals surface area (Å²) in [5.41, 5.74) is 4.18. The second kappa shape index (κ2) is 6.18. The first-order valence-electron chi connectivity index (χ1n) is 7.35. The second-order valence-electron chi connectivity index (χ2n) is 5.90. The minimum absolute atomic E-state index is 0.0445. The lowest BCUT2D eigenvalue weighted by Crippen LogP contribution is -2.28. The van der Waals surface area contributed by atoms with Crippen LogP contribution in [0.3, 0.4) is 0 Å². The number of carboxylic acids is 1. The van der Waals surface area contributed by atoms with E-state index in [-0.39, 0.29) is 18.0 Å². The molecule has 0 fully saturated rings. The zero-order chi connectivity index (χ0) is 16.4. The summed E-state index contributed by atoms with van der Waals surface area (Å²) in [6.07, 6.45) is -0.251. The summed E-state index contributed by atoms with van der Waals surface area (Å²) in [7, 11) is 0. The summed E-state index contributed by atoms with van der Waals surface area (Å²) >= 11 is 0. The van der Waals surface area contributed by atoms with Gasteiger partial charge in [0.25, 0.3) is 5.56 Å². The lowest BCUT2D eigenvalue weighted by atomic mass is 10.0. The van der Waals surface area contributed by atoms with Gasteiger partial charge < -0.3 is 9.67 Å². The monoisotopic (exact) mass is 299 g/mol. The Morgan fingerprint density at radius 1 is 1.18 bits per heavy atom. The zero-order valence-electron chi connectivity index (χ0n) is 13.4. The molecule has 0 saturated carbocycles. The number of benzene rings is 1. The molecule has 0 unspecified atom stereocenters. The molecule has 4 heteroatoms. The van der Waals surface area contributed by atoms with Gasteiger partial charge in [0.2, 0.25) is 0 Å². The molecule has 1 N–H and O–H groups in total. The fourth-order valence-corrected chi connectivity index (χ4v) is 2.73. The van der Waals surface area contributed by atoms with E-state index >= 15 is 0 Å². The smallest absolute Gasteiger partial charge is 0.308 e. The Balaban J connectivity index is 2.69. The van der Waals surface area contributed by atoms with Crippen LogP contribution in [0.2, 0.25) is 0 Å². The molecule has 1 heterocycles.